The highest BCUT2D eigenvalue weighted by molar-refractivity contribution is 6.43. The number of benzene rings is 2. The van der Waals surface area contributed by atoms with Crippen LogP contribution in [-0.2, 0) is 4.79 Å². The van der Waals surface area contributed by atoms with Crippen molar-refractivity contribution >= 4 is 41.1 Å². The minimum absolute atomic E-state index is 0.338. The second kappa shape index (κ2) is 8.04. The lowest BCUT2D eigenvalue weighted by molar-refractivity contribution is -0.144. The van der Waals surface area contributed by atoms with Crippen LogP contribution in [0.25, 0.3) is 0 Å². The van der Waals surface area contributed by atoms with Crippen LogP contribution in [0.4, 0.5) is 5.69 Å². The lowest BCUT2D eigenvalue weighted by Crippen LogP contribution is -2.23. The highest BCUT2D eigenvalue weighted by atomic mass is 35.5. The largest absolute Gasteiger partial charge is 0.493 e. The second-order valence-electron chi connectivity index (χ2n) is 4.84. The van der Waals surface area contributed by atoms with Gasteiger partial charge in [0.05, 0.1) is 22.8 Å². The fraction of sp³-hybridized carbons (Fsp3) is 0.176. The summed E-state index contributed by atoms with van der Waals surface area (Å²) in [7, 11) is 1.47. The highest BCUT2D eigenvalue weighted by Gasteiger charge is 2.15. The van der Waals surface area contributed by atoms with Gasteiger partial charge < -0.3 is 14.6 Å². The van der Waals surface area contributed by atoms with Crippen LogP contribution in [0.5, 0.6) is 11.5 Å². The molecule has 5 nitrogen and oxygen atoms in total. The first-order valence-corrected chi connectivity index (χ1v) is 7.73. The van der Waals surface area contributed by atoms with Crippen molar-refractivity contribution in [1.29, 1.82) is 0 Å². The molecule has 24 heavy (non-hydrogen) atoms. The van der Waals surface area contributed by atoms with Gasteiger partial charge in [0.2, 0.25) is 0 Å². The number of hydrogen-bond acceptors (Lipinski definition) is 4. The normalized spacial score (nSPS) is 12.2. The van der Waals surface area contributed by atoms with E-state index >= 15 is 0 Å². The fourth-order valence-corrected chi connectivity index (χ4v) is 2.18. The number of halogens is 2. The Morgan fingerprint density at radius 3 is 2.67 bits per heavy atom. The number of aliphatic imine (C=N–C) groups is 1. The van der Waals surface area contributed by atoms with Crippen LogP contribution < -0.4 is 9.47 Å². The van der Waals surface area contributed by atoms with E-state index in [4.69, 9.17) is 37.8 Å². The molecule has 0 aliphatic carbocycles. The van der Waals surface area contributed by atoms with E-state index in [9.17, 15) is 4.79 Å². The zero-order valence-corrected chi connectivity index (χ0v) is 14.5. The Bertz CT molecular complexity index is 777. The summed E-state index contributed by atoms with van der Waals surface area (Å²) < 4.78 is 10.6. The number of hydrogen-bond donors (Lipinski definition) is 1. The molecule has 0 heterocycles. The molecule has 0 bridgehead atoms. The molecular weight excluding hydrogens is 353 g/mol. The summed E-state index contributed by atoms with van der Waals surface area (Å²) in [5, 5.41) is 9.71. The number of ether oxygens (including phenoxy) is 2. The van der Waals surface area contributed by atoms with Gasteiger partial charge in [-0.25, -0.2) is 4.79 Å². The third-order valence-corrected chi connectivity index (χ3v) is 3.93. The van der Waals surface area contributed by atoms with Gasteiger partial charge in [-0.15, -0.1) is 0 Å². The summed E-state index contributed by atoms with van der Waals surface area (Å²) in [4.78, 5) is 15.2. The third-order valence-electron chi connectivity index (χ3n) is 3.12. The molecule has 0 radical (unpaired) electrons. The van der Waals surface area contributed by atoms with Gasteiger partial charge in [-0.2, -0.15) is 0 Å². The van der Waals surface area contributed by atoms with Gasteiger partial charge in [-0.05, 0) is 42.8 Å². The zero-order valence-electron chi connectivity index (χ0n) is 13.0. The molecule has 0 fully saturated rings. The average Bonchev–Trinajstić information content (AvgIpc) is 2.57. The standard InChI is InChI=1S/C17H15Cl2NO4/c1-10(17(21)22)24-14-7-6-11(8-15(14)23-2)9-20-13-5-3-4-12(18)16(13)19/h3-10H,1-2H3,(H,21,22)/t10-/m1/s1. The first-order valence-electron chi connectivity index (χ1n) is 6.98. The second-order valence-corrected chi connectivity index (χ2v) is 5.62. The number of carbonyl (C=O) groups is 1. The molecule has 1 N–H and O–H groups in total. The van der Waals surface area contributed by atoms with Crippen molar-refractivity contribution in [2.45, 2.75) is 13.0 Å². The molecule has 7 heteroatoms. The Kier molecular flexibility index (Phi) is 6.06. The average molecular weight is 368 g/mol. The molecule has 2 rings (SSSR count). The predicted molar refractivity (Wildman–Crippen MR) is 94.4 cm³/mol. The van der Waals surface area contributed by atoms with Crippen LogP contribution in [0.2, 0.25) is 10.0 Å². The SMILES string of the molecule is COc1cc(C=Nc2cccc(Cl)c2Cl)ccc1O[C@H](C)C(=O)O. The van der Waals surface area contributed by atoms with Gasteiger partial charge >= 0.3 is 5.97 Å². The van der Waals surface area contributed by atoms with Crippen molar-refractivity contribution in [1.82, 2.24) is 0 Å². The lowest BCUT2D eigenvalue weighted by Gasteiger charge is -2.14. The van der Waals surface area contributed by atoms with Gasteiger partial charge in [0.1, 0.15) is 0 Å². The van der Waals surface area contributed by atoms with Gasteiger partial charge in [-0.1, -0.05) is 29.3 Å². The van der Waals surface area contributed by atoms with Crippen molar-refractivity contribution in [3.8, 4) is 11.5 Å². The van der Waals surface area contributed by atoms with Crippen LogP contribution in [0.15, 0.2) is 41.4 Å². The minimum atomic E-state index is -1.06. The molecule has 0 aliphatic heterocycles. The van der Waals surface area contributed by atoms with E-state index in [2.05, 4.69) is 4.99 Å². The Hall–Kier alpha value is -2.24. The van der Waals surface area contributed by atoms with Gasteiger partial charge in [0.25, 0.3) is 0 Å². The van der Waals surface area contributed by atoms with Crippen molar-refractivity contribution in [2.75, 3.05) is 7.11 Å². The molecule has 1 atom stereocenters. The molecule has 0 aromatic heterocycles. The highest BCUT2D eigenvalue weighted by Crippen LogP contribution is 2.32. The molecule has 2 aromatic carbocycles. The van der Waals surface area contributed by atoms with Crippen molar-refractivity contribution in [3.63, 3.8) is 0 Å². The number of aliphatic carboxylic acids is 1. The Balaban J connectivity index is 2.24. The van der Waals surface area contributed by atoms with Gasteiger partial charge in [-0.3, -0.25) is 4.99 Å². The first-order chi connectivity index (χ1) is 11.4. The molecule has 126 valence electrons. The summed E-state index contributed by atoms with van der Waals surface area (Å²) in [5.74, 6) is -0.312. The van der Waals surface area contributed by atoms with Gasteiger partial charge in [0.15, 0.2) is 17.6 Å². The van der Waals surface area contributed by atoms with Crippen molar-refractivity contribution in [3.05, 3.63) is 52.0 Å². The quantitative estimate of drug-likeness (QED) is 0.757. The van der Waals surface area contributed by atoms with Crippen LogP contribution in [0.3, 0.4) is 0 Å². The van der Waals surface area contributed by atoms with Crippen LogP contribution >= 0.6 is 23.2 Å². The van der Waals surface area contributed by atoms with Crippen LogP contribution in [0.1, 0.15) is 12.5 Å². The fourth-order valence-electron chi connectivity index (χ4n) is 1.84. The smallest absolute Gasteiger partial charge is 0.344 e. The van der Waals surface area contributed by atoms with E-state index in [1.54, 1.807) is 42.6 Å². The summed E-state index contributed by atoms with van der Waals surface area (Å²) in [6, 6.07) is 10.2. The number of carboxylic acid groups (broad SMARTS) is 1. The van der Waals surface area contributed by atoms with E-state index < -0.39 is 12.1 Å². The van der Waals surface area contributed by atoms with E-state index in [0.29, 0.717) is 27.2 Å². The number of carboxylic acids is 1. The maximum absolute atomic E-state index is 10.9. The summed E-state index contributed by atoms with van der Waals surface area (Å²) in [6.07, 6.45) is 0.619. The Morgan fingerprint density at radius 2 is 2.00 bits per heavy atom. The maximum atomic E-state index is 10.9. The summed E-state index contributed by atoms with van der Waals surface area (Å²) >= 11 is 12.0. The molecule has 0 saturated carbocycles. The Morgan fingerprint density at radius 1 is 1.25 bits per heavy atom. The van der Waals surface area contributed by atoms with E-state index in [1.165, 1.54) is 14.0 Å². The number of rotatable bonds is 6. The monoisotopic (exact) mass is 367 g/mol. The van der Waals surface area contributed by atoms with Crippen molar-refractivity contribution < 1.29 is 19.4 Å². The predicted octanol–water partition coefficient (Wildman–Crippen LogP) is 4.60. The number of nitrogens with zero attached hydrogens (tertiary/aromatic N) is 1. The zero-order chi connectivity index (χ0) is 17.7. The summed E-state index contributed by atoms with van der Waals surface area (Å²) in [6.45, 7) is 1.44. The molecule has 0 spiro atoms. The Labute approximate surface area is 149 Å². The van der Waals surface area contributed by atoms with Crippen molar-refractivity contribution in [2.24, 2.45) is 4.99 Å². The molecule has 2 aromatic rings. The van der Waals surface area contributed by atoms with E-state index in [-0.39, 0.29) is 0 Å². The lowest BCUT2D eigenvalue weighted by atomic mass is 10.2. The number of methoxy groups -OCH3 is 1. The van der Waals surface area contributed by atoms with Crippen LogP contribution in [0, 0.1) is 0 Å². The molecule has 0 amide bonds. The molecular formula is C17H15Cl2NO4. The van der Waals surface area contributed by atoms with Gasteiger partial charge in [0, 0.05) is 6.21 Å². The van der Waals surface area contributed by atoms with Crippen LogP contribution in [-0.4, -0.2) is 30.5 Å². The molecule has 0 aliphatic rings. The molecule has 0 saturated heterocycles. The van der Waals surface area contributed by atoms with E-state index in [0.717, 1.165) is 5.56 Å². The third kappa shape index (κ3) is 4.40. The molecule has 0 unspecified atom stereocenters. The summed E-state index contributed by atoms with van der Waals surface area (Å²) in [5.41, 5.74) is 1.28. The minimum Gasteiger partial charge on any atom is -0.493 e. The topological polar surface area (TPSA) is 68.1 Å². The van der Waals surface area contributed by atoms with E-state index in [1.807, 2.05) is 0 Å². The maximum Gasteiger partial charge on any atom is 0.344 e. The first kappa shape index (κ1) is 18.1.